The second-order valence-corrected chi connectivity index (χ2v) is 26.9. The second-order valence-electron chi connectivity index (χ2n) is 26.9. The fourth-order valence-corrected chi connectivity index (χ4v) is 11.0. The van der Waals surface area contributed by atoms with Gasteiger partial charge in [-0.05, 0) is 94.4 Å². The number of ether oxygens (including phenoxy) is 12. The maximum absolute atomic E-state index is 12.1. The summed E-state index contributed by atoms with van der Waals surface area (Å²) in [6.45, 7) is 4.44. The molecular weight excluding hydrogens is 1620 g/mol. The van der Waals surface area contributed by atoms with Crippen molar-refractivity contribution in [2.24, 2.45) is 0 Å². The highest BCUT2D eigenvalue weighted by atomic mass is 16.7. The molecule has 12 rings (SSSR count). The van der Waals surface area contributed by atoms with Crippen molar-refractivity contribution in [3.63, 3.8) is 0 Å². The number of carboxylic acids is 4. The summed E-state index contributed by atoms with van der Waals surface area (Å²) in [5.41, 5.74) is 6.32. The molecule has 5 aliphatic heterocycles. The Bertz CT molecular complexity index is 4570. The van der Waals surface area contributed by atoms with Crippen molar-refractivity contribution in [1.29, 1.82) is 0 Å². The molecule has 0 aromatic heterocycles. The molecule has 38 heteroatoms. The summed E-state index contributed by atoms with van der Waals surface area (Å²) in [5.74, 6) is -4.85. The lowest BCUT2D eigenvalue weighted by Gasteiger charge is -2.17. The number of carbonyl (C=O) groups excluding carboxylic acids is 9. The largest absolute Gasteiger partial charge is 0.497 e. The minimum atomic E-state index is -1.79. The van der Waals surface area contributed by atoms with E-state index in [1.807, 2.05) is 152 Å². The van der Waals surface area contributed by atoms with Gasteiger partial charge >= 0.3 is 72.1 Å². The molecule has 660 valence electrons. The number of carbonyl (C=O) groups is 13. The molecule has 8 atom stereocenters. The quantitative estimate of drug-likeness (QED) is 0.0133. The van der Waals surface area contributed by atoms with Crippen LogP contribution in [0.1, 0.15) is 71.6 Å². The molecule has 0 aliphatic carbocycles. The molecule has 5 fully saturated rings. The number of likely N-dealkylation sites (N-methyl/N-ethyl adjacent to an activating group) is 1. The summed E-state index contributed by atoms with van der Waals surface area (Å²) in [7, 11) is 9.23. The van der Waals surface area contributed by atoms with E-state index in [9.17, 15) is 67.4 Å². The van der Waals surface area contributed by atoms with Gasteiger partial charge in [-0.2, -0.15) is 0 Å². The first-order chi connectivity index (χ1) is 58.8. The van der Waals surface area contributed by atoms with Crippen molar-refractivity contribution in [3.8, 4) is 23.0 Å². The Balaban J connectivity index is 0.000000225. The number of esters is 4. The van der Waals surface area contributed by atoms with Crippen LogP contribution in [0.5, 0.6) is 23.0 Å². The van der Waals surface area contributed by atoms with Crippen molar-refractivity contribution >= 4 is 78.0 Å². The topological polar surface area (TPSA) is 500 Å². The van der Waals surface area contributed by atoms with Gasteiger partial charge in [0.25, 0.3) is 5.91 Å². The normalized spacial score (nSPS) is 17.1. The maximum atomic E-state index is 12.1. The number of carboxylic acid groups (broad SMARTS) is 4. The van der Waals surface area contributed by atoms with Crippen LogP contribution in [0.25, 0.3) is 0 Å². The zero-order valence-electron chi connectivity index (χ0n) is 68.1. The van der Waals surface area contributed by atoms with Crippen LogP contribution >= 0.6 is 0 Å². The van der Waals surface area contributed by atoms with Crippen LogP contribution in [0.4, 0.5) is 19.2 Å². The van der Waals surface area contributed by atoms with Gasteiger partial charge in [-0.25, -0.2) is 48.2 Å². The summed E-state index contributed by atoms with van der Waals surface area (Å²) in [6, 6.07) is 57.1. The van der Waals surface area contributed by atoms with Crippen LogP contribution in [0.15, 0.2) is 188 Å². The minimum Gasteiger partial charge on any atom is -0.497 e. The van der Waals surface area contributed by atoms with Crippen molar-refractivity contribution in [2.45, 2.75) is 127 Å². The van der Waals surface area contributed by atoms with Crippen LogP contribution in [0.3, 0.4) is 0 Å². The second kappa shape index (κ2) is 50.7. The van der Waals surface area contributed by atoms with E-state index in [2.05, 4.69) is 0 Å². The zero-order valence-corrected chi connectivity index (χ0v) is 68.1. The standard InChI is InChI=1S/C19H19NO5.C14H18N2O5.C13H17NO4.C12H13NO5.C12H12O4.C11H12O5.C4H6O5/c1-23-16-9-7-14(8-10-16)11-20-12-17(25-19(20)22)18(21)24-13-15-5-3-2-4-6-15;1-15(20-3)13(17)12-9-16(14(18)21-12)8-10-4-6-11(19-2)7-5-10;1-9(15)12-8-14(13(16)18-12)7-10-3-5-11(17-2)6-4-10;1-17-9-4-2-8(3-5-9)6-13-7-10(11(14)15)18-12(13)16;13-11-7-6-10(16-11)12(14)15-8-9-4-2-1-3-5-9;12-9(6-10(13)14)11(15)16-7-8-4-2-1-3-5-8;5-2(4(8)9)1-3(6)7/h2-10,17H,11-13H2,1H3;4-7,12H,8-9H2,1-3H3;3-6,9,12,15H,7-8H2,1-2H3;2-5,10H,6-7H2,1H3,(H,14,15);1-5,10H,6-8H2;1-5,9,12H,6-7H2,(H,13,14);2,5H,1H2,(H,6,7)(H,8,9)/t17-;;;2*10-;9-;2-/m1..1111/s1. The first kappa shape index (κ1) is 97.7. The Morgan fingerprint density at radius 3 is 1.03 bits per heavy atom. The molecule has 5 saturated heterocycles. The smallest absolute Gasteiger partial charge is 0.411 e. The van der Waals surface area contributed by atoms with E-state index in [4.69, 9.17) is 92.3 Å². The molecule has 7 N–H and O–H groups in total. The number of rotatable bonds is 30. The number of aliphatic carboxylic acids is 4. The van der Waals surface area contributed by atoms with Crippen molar-refractivity contribution in [1.82, 2.24) is 24.7 Å². The van der Waals surface area contributed by atoms with Gasteiger partial charge in [-0.15, -0.1) is 0 Å². The number of hydrogen-bond donors (Lipinski definition) is 7. The van der Waals surface area contributed by atoms with Crippen LogP contribution in [-0.2, 0) is 132 Å². The third kappa shape index (κ3) is 34.3. The summed E-state index contributed by atoms with van der Waals surface area (Å²) < 4.78 is 60.1. The Hall–Kier alpha value is -14.1. The molecule has 5 aliphatic rings. The maximum Gasteiger partial charge on any atom is 0.411 e. The van der Waals surface area contributed by atoms with Gasteiger partial charge in [0.15, 0.2) is 18.3 Å². The first-order valence-electron chi connectivity index (χ1n) is 37.7. The lowest BCUT2D eigenvalue weighted by molar-refractivity contribution is -0.176. The first-order valence-corrected chi connectivity index (χ1v) is 37.7. The molecule has 0 bridgehead atoms. The van der Waals surface area contributed by atoms with E-state index in [1.165, 1.54) is 28.9 Å². The van der Waals surface area contributed by atoms with Gasteiger partial charge in [-0.3, -0.25) is 38.7 Å². The van der Waals surface area contributed by atoms with Crippen LogP contribution < -0.4 is 18.9 Å². The zero-order chi connectivity index (χ0) is 90.1. The van der Waals surface area contributed by atoms with Crippen LogP contribution in [0.2, 0.25) is 0 Å². The minimum absolute atomic E-state index is 0.0242. The molecule has 3 unspecified atom stereocenters. The van der Waals surface area contributed by atoms with Crippen molar-refractivity contribution in [3.05, 3.63) is 227 Å². The average molecular weight is 1720 g/mol. The summed E-state index contributed by atoms with van der Waals surface area (Å²) >= 11 is 0. The van der Waals surface area contributed by atoms with E-state index < -0.39 is 122 Å². The fourth-order valence-electron chi connectivity index (χ4n) is 11.0. The molecule has 0 saturated carbocycles. The Labute approximate surface area is 705 Å². The third-order valence-corrected chi connectivity index (χ3v) is 17.8. The predicted molar refractivity (Wildman–Crippen MR) is 426 cm³/mol. The molecule has 5 heterocycles. The van der Waals surface area contributed by atoms with Gasteiger partial charge in [0, 0.05) is 46.1 Å². The summed E-state index contributed by atoms with van der Waals surface area (Å²) in [4.78, 5) is 155. The number of methoxy groups -OCH3 is 4. The Morgan fingerprint density at radius 2 is 0.724 bits per heavy atom. The Kier molecular flexibility index (Phi) is 40.3. The third-order valence-electron chi connectivity index (χ3n) is 17.8. The molecule has 0 spiro atoms. The molecule has 7 aromatic rings. The number of nitrogens with zero attached hydrogens (tertiary/aromatic N) is 5. The highest BCUT2D eigenvalue weighted by Gasteiger charge is 2.40. The van der Waals surface area contributed by atoms with E-state index in [0.29, 0.717) is 45.6 Å². The number of hydrogen-bond acceptors (Lipinski definition) is 29. The van der Waals surface area contributed by atoms with Crippen LogP contribution in [-0.4, -0.2) is 256 Å². The number of aliphatic hydroxyl groups is 3. The molecule has 123 heavy (non-hydrogen) atoms. The van der Waals surface area contributed by atoms with Crippen LogP contribution in [0, 0.1) is 0 Å². The molecule has 0 radical (unpaired) electrons. The summed E-state index contributed by atoms with van der Waals surface area (Å²) in [5, 5.41) is 60.8. The Morgan fingerprint density at radius 1 is 0.398 bits per heavy atom. The highest BCUT2D eigenvalue weighted by molar-refractivity contribution is 5.86. The molecule has 38 nitrogen and oxygen atoms in total. The average Bonchev–Trinajstić information content (AvgIpc) is 1.71. The van der Waals surface area contributed by atoms with E-state index in [0.717, 1.165) is 67.0 Å². The molecular formula is C85H97N5O33. The number of amides is 5. The monoisotopic (exact) mass is 1720 g/mol. The van der Waals surface area contributed by atoms with Crippen molar-refractivity contribution < 1.29 is 160 Å². The van der Waals surface area contributed by atoms with Gasteiger partial charge in [-0.1, -0.05) is 140 Å². The SMILES string of the molecule is COc1ccc(CN2CC(C(=O)N(C)OC)OC2=O)cc1.COc1ccc(CN2CC(C(C)O)OC2=O)cc1.COc1ccc(CN2C[C@H](C(=O)O)OC2=O)cc1.COc1ccc(CN2C[C@H](C(=O)OCc3ccccc3)OC2=O)cc1.O=C(O)C[C@@H](O)C(=O)O.O=C(O)C[C@@H](O)C(=O)OCc1ccccc1.O=C1CC[C@H](C(=O)OCc2ccccc2)O1. The van der Waals surface area contributed by atoms with Crippen molar-refractivity contribution in [2.75, 3.05) is 68.8 Å². The number of aliphatic hydroxyl groups excluding tert-OH is 3. The predicted octanol–water partition coefficient (Wildman–Crippen LogP) is 7.20. The van der Waals surface area contributed by atoms with Gasteiger partial charge in [0.1, 0.15) is 48.9 Å². The lowest BCUT2D eigenvalue weighted by atomic mass is 10.2. The van der Waals surface area contributed by atoms with E-state index >= 15 is 0 Å². The molecule has 5 amide bonds. The number of cyclic esters (lactones) is 5. The van der Waals surface area contributed by atoms with E-state index in [1.54, 1.807) is 76.7 Å². The fraction of sp³-hybridized carbons (Fsp3) is 0.353. The number of hydroxylamine groups is 2. The lowest BCUT2D eigenvalue weighted by Crippen LogP contribution is -2.38. The highest BCUT2D eigenvalue weighted by Crippen LogP contribution is 2.25. The van der Waals surface area contributed by atoms with Gasteiger partial charge < -0.3 is 97.5 Å². The van der Waals surface area contributed by atoms with E-state index in [-0.39, 0.29) is 57.4 Å². The summed E-state index contributed by atoms with van der Waals surface area (Å²) in [6.07, 6.45) is -10.7. The molecule has 7 aromatic carbocycles. The van der Waals surface area contributed by atoms with Gasteiger partial charge in [0.2, 0.25) is 18.3 Å². The van der Waals surface area contributed by atoms with Gasteiger partial charge in [0.05, 0.1) is 80.7 Å². The number of benzene rings is 7.